The van der Waals surface area contributed by atoms with E-state index in [2.05, 4.69) is 15.3 Å². The molecule has 0 radical (unpaired) electrons. The molecule has 9 nitrogen and oxygen atoms in total. The van der Waals surface area contributed by atoms with Crippen molar-refractivity contribution in [3.63, 3.8) is 0 Å². The fraction of sp³-hybridized carbons (Fsp3) is 0. The molecule has 134 valence electrons. The maximum absolute atomic E-state index is 12.4. The van der Waals surface area contributed by atoms with Crippen LogP contribution in [-0.2, 0) is 10.1 Å². The summed E-state index contributed by atoms with van der Waals surface area (Å²) < 4.78 is 33.2. The van der Waals surface area contributed by atoms with Crippen molar-refractivity contribution >= 4 is 38.8 Å². The lowest BCUT2D eigenvalue weighted by Crippen LogP contribution is -2.14. The Balaban J connectivity index is 2.03. The topological polar surface area (TPSA) is 143 Å². The quantitative estimate of drug-likeness (QED) is 0.354. The van der Waals surface area contributed by atoms with E-state index in [0.29, 0.717) is 10.7 Å². The zero-order chi connectivity index (χ0) is 18.9. The lowest BCUT2D eigenvalue weighted by atomic mass is 10.3. The summed E-state index contributed by atoms with van der Waals surface area (Å²) >= 11 is 6.06. The molecule has 0 saturated heterocycles. The molecule has 1 heterocycles. The van der Waals surface area contributed by atoms with Crippen molar-refractivity contribution in [2.45, 2.75) is 4.90 Å². The van der Waals surface area contributed by atoms with E-state index in [9.17, 15) is 17.8 Å². The molecule has 0 spiro atoms. The number of aromatic nitrogens is 2. The summed E-state index contributed by atoms with van der Waals surface area (Å²) in [5.74, 6) is 0. The number of H-pyrrole nitrogens is 1. The molecule has 0 fully saturated rings. The van der Waals surface area contributed by atoms with Crippen molar-refractivity contribution in [3.05, 3.63) is 64.0 Å². The van der Waals surface area contributed by atoms with Crippen LogP contribution >= 0.6 is 11.6 Å². The summed E-state index contributed by atoms with van der Waals surface area (Å²) in [6, 6.07) is 10.3. The number of aromatic amines is 1. The number of azo groups is 1. The monoisotopic (exact) mass is 393 g/mol. The normalized spacial score (nSPS) is 11.9. The molecular weight excluding hydrogens is 382 g/mol. The van der Waals surface area contributed by atoms with Gasteiger partial charge in [0.25, 0.3) is 15.7 Å². The molecule has 0 aliphatic heterocycles. The molecule has 0 unspecified atom stereocenters. The lowest BCUT2D eigenvalue weighted by molar-refractivity contribution is 0.483. The van der Waals surface area contributed by atoms with E-state index in [1.807, 2.05) is 0 Å². The highest BCUT2D eigenvalue weighted by molar-refractivity contribution is 7.86. The highest BCUT2D eigenvalue weighted by Crippen LogP contribution is 2.28. The van der Waals surface area contributed by atoms with Gasteiger partial charge in [-0.05, 0) is 30.3 Å². The predicted octanol–water partition coefficient (Wildman–Crippen LogP) is 3.06. The summed E-state index contributed by atoms with van der Waals surface area (Å²) in [5, 5.41) is 10.5. The molecule has 0 saturated carbocycles. The standard InChI is InChI=1S/C15H12ClN5O4S/c16-10-3-1-2-4-13(10)21-15(22)12(8-18-21)20-19-11-7-9(17)5-6-14(11)26(23,24)25/h1-8,18H,17H2,(H,23,24,25). The van der Waals surface area contributed by atoms with Crippen LogP contribution in [0.5, 0.6) is 0 Å². The SMILES string of the molecule is Nc1ccc(S(=O)(=O)O)c(N=Nc2c[nH]n(-c3ccccc3Cl)c2=O)c1. The maximum Gasteiger partial charge on any atom is 0.299 e. The number of anilines is 1. The first-order valence-corrected chi connectivity index (χ1v) is 8.93. The van der Waals surface area contributed by atoms with Crippen molar-refractivity contribution in [1.29, 1.82) is 0 Å². The van der Waals surface area contributed by atoms with E-state index in [1.165, 1.54) is 23.0 Å². The molecule has 0 amide bonds. The van der Waals surface area contributed by atoms with Crippen LogP contribution in [0.15, 0.2) is 68.6 Å². The van der Waals surface area contributed by atoms with Crippen LogP contribution in [0.25, 0.3) is 5.69 Å². The molecule has 4 N–H and O–H groups in total. The second-order valence-electron chi connectivity index (χ2n) is 5.15. The number of rotatable bonds is 4. The van der Waals surface area contributed by atoms with Gasteiger partial charge in [0.2, 0.25) is 0 Å². The number of nitrogens with zero attached hydrogens (tertiary/aromatic N) is 3. The molecule has 0 bridgehead atoms. The van der Waals surface area contributed by atoms with Crippen molar-refractivity contribution < 1.29 is 13.0 Å². The van der Waals surface area contributed by atoms with Gasteiger partial charge in [0.1, 0.15) is 10.6 Å². The Bertz CT molecular complexity index is 1170. The molecule has 26 heavy (non-hydrogen) atoms. The summed E-state index contributed by atoms with van der Waals surface area (Å²) in [5.41, 5.74) is 5.41. The second-order valence-corrected chi connectivity index (χ2v) is 6.95. The summed E-state index contributed by atoms with van der Waals surface area (Å²) in [4.78, 5) is 11.9. The van der Waals surface area contributed by atoms with Crippen LogP contribution in [0, 0.1) is 0 Å². The maximum atomic E-state index is 12.4. The van der Waals surface area contributed by atoms with Gasteiger partial charge >= 0.3 is 0 Å². The zero-order valence-corrected chi connectivity index (χ0v) is 14.6. The average Bonchev–Trinajstić information content (AvgIpc) is 2.93. The van der Waals surface area contributed by atoms with Crippen LogP contribution in [0.4, 0.5) is 17.1 Å². The largest absolute Gasteiger partial charge is 0.399 e. The highest BCUT2D eigenvalue weighted by Gasteiger charge is 2.16. The molecule has 2 aromatic carbocycles. The zero-order valence-electron chi connectivity index (χ0n) is 13.0. The summed E-state index contributed by atoms with van der Waals surface area (Å²) in [7, 11) is -4.53. The highest BCUT2D eigenvalue weighted by atomic mass is 35.5. The number of nitrogens with one attached hydrogen (secondary N) is 1. The first kappa shape index (κ1) is 17.9. The number of halogens is 1. The number of para-hydroxylation sites is 1. The minimum Gasteiger partial charge on any atom is -0.399 e. The molecule has 0 aliphatic carbocycles. The molecule has 1 aromatic heterocycles. The molecular formula is C15H12ClN5O4S. The van der Waals surface area contributed by atoms with E-state index < -0.39 is 20.6 Å². The smallest absolute Gasteiger partial charge is 0.299 e. The number of nitrogens with two attached hydrogens (primary N) is 1. The van der Waals surface area contributed by atoms with Crippen molar-refractivity contribution in [1.82, 2.24) is 9.78 Å². The van der Waals surface area contributed by atoms with Gasteiger partial charge in [0, 0.05) is 5.69 Å². The van der Waals surface area contributed by atoms with Crippen LogP contribution in [0.1, 0.15) is 0 Å². The molecule has 11 heteroatoms. The van der Waals surface area contributed by atoms with Crippen LogP contribution in [0.3, 0.4) is 0 Å². The lowest BCUT2D eigenvalue weighted by Gasteiger charge is -2.03. The van der Waals surface area contributed by atoms with Gasteiger partial charge in [0.05, 0.1) is 16.9 Å². The molecule has 0 atom stereocenters. The minimum absolute atomic E-state index is 0.0892. The molecule has 0 aliphatic rings. The fourth-order valence-electron chi connectivity index (χ4n) is 2.18. The third-order valence-corrected chi connectivity index (χ3v) is 4.59. The summed E-state index contributed by atoms with van der Waals surface area (Å²) in [6.07, 6.45) is 1.29. The van der Waals surface area contributed by atoms with E-state index >= 15 is 0 Å². The Morgan fingerprint density at radius 1 is 1.12 bits per heavy atom. The van der Waals surface area contributed by atoms with Crippen LogP contribution in [-0.4, -0.2) is 22.8 Å². The third kappa shape index (κ3) is 3.52. The van der Waals surface area contributed by atoms with Gasteiger partial charge in [-0.3, -0.25) is 14.4 Å². The van der Waals surface area contributed by atoms with Gasteiger partial charge in [-0.1, -0.05) is 23.7 Å². The Kier molecular flexibility index (Phi) is 4.64. The predicted molar refractivity (Wildman–Crippen MR) is 96.2 cm³/mol. The number of nitrogen functional groups attached to an aromatic ring is 1. The fourth-order valence-corrected chi connectivity index (χ4v) is 3.01. The van der Waals surface area contributed by atoms with Crippen molar-refractivity contribution in [2.75, 3.05) is 5.73 Å². The second kappa shape index (κ2) is 6.75. The number of hydrogen-bond acceptors (Lipinski definition) is 6. The van der Waals surface area contributed by atoms with Gasteiger partial charge in [-0.2, -0.15) is 8.42 Å². The first-order valence-electron chi connectivity index (χ1n) is 7.11. The van der Waals surface area contributed by atoms with E-state index in [-0.39, 0.29) is 17.1 Å². The van der Waals surface area contributed by atoms with Gasteiger partial charge in [-0.15, -0.1) is 10.2 Å². The average molecular weight is 394 g/mol. The Morgan fingerprint density at radius 2 is 1.81 bits per heavy atom. The van der Waals surface area contributed by atoms with E-state index in [1.54, 1.807) is 24.3 Å². The number of benzene rings is 2. The molecule has 3 rings (SSSR count). The minimum atomic E-state index is -4.53. The van der Waals surface area contributed by atoms with Gasteiger partial charge in [-0.25, -0.2) is 4.68 Å². The van der Waals surface area contributed by atoms with E-state index in [0.717, 1.165) is 6.07 Å². The van der Waals surface area contributed by atoms with Crippen molar-refractivity contribution in [2.24, 2.45) is 10.2 Å². The Hall–Kier alpha value is -2.95. The Labute approximate surface area is 152 Å². The van der Waals surface area contributed by atoms with Crippen LogP contribution in [0.2, 0.25) is 5.02 Å². The van der Waals surface area contributed by atoms with Crippen molar-refractivity contribution in [3.8, 4) is 5.69 Å². The number of hydrogen-bond donors (Lipinski definition) is 3. The third-order valence-electron chi connectivity index (χ3n) is 3.37. The summed E-state index contributed by atoms with van der Waals surface area (Å²) in [6.45, 7) is 0. The van der Waals surface area contributed by atoms with Gasteiger partial charge < -0.3 is 5.73 Å². The van der Waals surface area contributed by atoms with Crippen LogP contribution < -0.4 is 11.3 Å². The van der Waals surface area contributed by atoms with Gasteiger partial charge in [0.15, 0.2) is 5.69 Å². The molecule has 3 aromatic rings. The first-order chi connectivity index (χ1) is 12.3. The Morgan fingerprint density at radius 3 is 2.50 bits per heavy atom. The van der Waals surface area contributed by atoms with E-state index in [4.69, 9.17) is 17.3 Å².